The fraction of sp³-hybridized carbons (Fsp3) is 0.562. The van der Waals surface area contributed by atoms with Crippen molar-refractivity contribution in [2.75, 3.05) is 13.7 Å². The van der Waals surface area contributed by atoms with E-state index in [2.05, 4.69) is 11.4 Å². The lowest BCUT2D eigenvalue weighted by Gasteiger charge is -2.25. The molecule has 0 aliphatic heterocycles. The van der Waals surface area contributed by atoms with Crippen LogP contribution in [0.25, 0.3) is 0 Å². The summed E-state index contributed by atoms with van der Waals surface area (Å²) >= 11 is 0. The molecular formula is C16H24N2O2. The monoisotopic (exact) mass is 276 g/mol. The number of nitrogens with zero attached hydrogens (tertiary/aromatic N) is 1. The van der Waals surface area contributed by atoms with E-state index in [-0.39, 0.29) is 0 Å². The Kier molecular flexibility index (Phi) is 6.33. The topological polar surface area (TPSA) is 54.3 Å². The van der Waals surface area contributed by atoms with Crippen LogP contribution in [0.2, 0.25) is 0 Å². The quantitative estimate of drug-likeness (QED) is 0.741. The molecule has 0 aromatic heterocycles. The summed E-state index contributed by atoms with van der Waals surface area (Å²) in [5, 5.41) is 12.5. The summed E-state index contributed by atoms with van der Waals surface area (Å²) in [6.45, 7) is 6.60. The third-order valence-electron chi connectivity index (χ3n) is 2.99. The number of nitrogens with one attached hydrogen (secondary N) is 1. The van der Waals surface area contributed by atoms with Gasteiger partial charge in [0.05, 0.1) is 19.8 Å². The van der Waals surface area contributed by atoms with Gasteiger partial charge in [0.25, 0.3) is 0 Å². The minimum absolute atomic E-state index is 0.291. The van der Waals surface area contributed by atoms with Gasteiger partial charge < -0.3 is 9.47 Å². The Morgan fingerprint density at radius 3 is 2.65 bits per heavy atom. The van der Waals surface area contributed by atoms with Crippen LogP contribution in [0.4, 0.5) is 0 Å². The zero-order chi connectivity index (χ0) is 15.0. The van der Waals surface area contributed by atoms with Crippen LogP contribution in [0, 0.1) is 11.3 Å². The van der Waals surface area contributed by atoms with E-state index >= 15 is 0 Å². The van der Waals surface area contributed by atoms with Gasteiger partial charge in [-0.1, -0.05) is 6.07 Å². The van der Waals surface area contributed by atoms with E-state index in [1.807, 2.05) is 45.0 Å². The van der Waals surface area contributed by atoms with E-state index in [9.17, 15) is 5.26 Å². The maximum Gasteiger partial charge on any atom is 0.122 e. The van der Waals surface area contributed by atoms with Gasteiger partial charge in [0, 0.05) is 12.1 Å². The molecular weight excluding hydrogens is 252 g/mol. The van der Waals surface area contributed by atoms with Crippen molar-refractivity contribution < 1.29 is 9.47 Å². The highest BCUT2D eigenvalue weighted by Gasteiger charge is 2.23. The number of hydrogen-bond acceptors (Lipinski definition) is 4. The summed E-state index contributed by atoms with van der Waals surface area (Å²) in [6, 6.07) is 10.2. The van der Waals surface area contributed by atoms with Crippen molar-refractivity contribution in [3.8, 4) is 17.6 Å². The van der Waals surface area contributed by atoms with E-state index in [0.29, 0.717) is 12.6 Å². The number of methoxy groups -OCH3 is 1. The van der Waals surface area contributed by atoms with E-state index in [0.717, 1.165) is 24.3 Å². The summed E-state index contributed by atoms with van der Waals surface area (Å²) in [7, 11) is 1.63. The summed E-state index contributed by atoms with van der Waals surface area (Å²) in [6.07, 6.45) is 1.58. The average Bonchev–Trinajstić information content (AvgIpc) is 2.43. The number of hydrogen-bond donors (Lipinski definition) is 1. The maximum atomic E-state index is 9.25. The molecule has 0 aliphatic rings. The first-order valence-corrected chi connectivity index (χ1v) is 6.95. The van der Waals surface area contributed by atoms with Gasteiger partial charge in [-0.15, -0.1) is 0 Å². The highest BCUT2D eigenvalue weighted by molar-refractivity contribution is 5.32. The highest BCUT2D eigenvalue weighted by Crippen LogP contribution is 2.19. The van der Waals surface area contributed by atoms with Crippen LogP contribution in [0.1, 0.15) is 33.6 Å². The second-order valence-corrected chi connectivity index (χ2v) is 5.37. The molecule has 20 heavy (non-hydrogen) atoms. The fourth-order valence-electron chi connectivity index (χ4n) is 2.10. The Hall–Kier alpha value is -1.73. The van der Waals surface area contributed by atoms with Gasteiger partial charge in [0.1, 0.15) is 17.0 Å². The lowest BCUT2D eigenvalue weighted by molar-refractivity contribution is 0.279. The lowest BCUT2D eigenvalue weighted by atomic mass is 9.97. The van der Waals surface area contributed by atoms with Gasteiger partial charge in [-0.2, -0.15) is 5.26 Å². The lowest BCUT2D eigenvalue weighted by Crippen LogP contribution is -2.45. The number of rotatable bonds is 8. The van der Waals surface area contributed by atoms with Crippen LogP contribution in [-0.2, 0) is 0 Å². The Bertz CT molecular complexity index is 454. The molecule has 4 nitrogen and oxygen atoms in total. The van der Waals surface area contributed by atoms with Gasteiger partial charge >= 0.3 is 0 Å². The van der Waals surface area contributed by atoms with E-state index in [4.69, 9.17) is 9.47 Å². The summed E-state index contributed by atoms with van der Waals surface area (Å²) in [4.78, 5) is 0. The van der Waals surface area contributed by atoms with E-state index in [1.54, 1.807) is 7.11 Å². The van der Waals surface area contributed by atoms with Gasteiger partial charge in [-0.3, -0.25) is 5.32 Å². The molecule has 110 valence electrons. The summed E-state index contributed by atoms with van der Waals surface area (Å²) in [5.74, 6) is 1.57. The molecule has 0 saturated heterocycles. The van der Waals surface area contributed by atoms with Crippen molar-refractivity contribution in [2.24, 2.45) is 0 Å². The van der Waals surface area contributed by atoms with Crippen molar-refractivity contribution in [3.05, 3.63) is 24.3 Å². The zero-order valence-electron chi connectivity index (χ0n) is 12.8. The summed E-state index contributed by atoms with van der Waals surface area (Å²) < 4.78 is 10.8. The Balaban J connectivity index is 2.39. The van der Waals surface area contributed by atoms with Crippen molar-refractivity contribution >= 4 is 0 Å². The Morgan fingerprint density at radius 1 is 1.35 bits per heavy atom. The largest absolute Gasteiger partial charge is 0.497 e. The molecule has 0 spiro atoms. The van der Waals surface area contributed by atoms with Crippen LogP contribution in [0.3, 0.4) is 0 Å². The molecule has 1 rings (SSSR count). The van der Waals surface area contributed by atoms with Gasteiger partial charge in [0.15, 0.2) is 0 Å². The molecule has 0 saturated carbocycles. The summed E-state index contributed by atoms with van der Waals surface area (Å²) in [5.41, 5.74) is -0.494. The second-order valence-electron chi connectivity index (χ2n) is 5.37. The SMILES string of the molecule is COc1cccc(OCCCC(C)(C#N)NC(C)C)c1. The third-order valence-corrected chi connectivity index (χ3v) is 2.99. The van der Waals surface area contributed by atoms with E-state index in [1.165, 1.54) is 0 Å². The first kappa shape index (κ1) is 16.3. The maximum absolute atomic E-state index is 9.25. The second kappa shape index (κ2) is 7.76. The molecule has 1 aromatic rings. The van der Waals surface area contributed by atoms with Crippen LogP contribution >= 0.6 is 0 Å². The Labute approximate surface area is 121 Å². The molecule has 0 radical (unpaired) electrons. The molecule has 0 amide bonds. The van der Waals surface area contributed by atoms with Crippen LogP contribution in [-0.4, -0.2) is 25.3 Å². The smallest absolute Gasteiger partial charge is 0.122 e. The molecule has 0 heterocycles. The average molecular weight is 276 g/mol. The molecule has 1 N–H and O–H groups in total. The van der Waals surface area contributed by atoms with Gasteiger partial charge in [-0.05, 0) is 45.7 Å². The van der Waals surface area contributed by atoms with Crippen LogP contribution in [0.5, 0.6) is 11.5 Å². The molecule has 4 heteroatoms. The molecule has 1 unspecified atom stereocenters. The standard InChI is InChI=1S/C16H24N2O2/c1-13(2)18-16(3,12-17)9-6-10-20-15-8-5-7-14(11-15)19-4/h5,7-8,11,13,18H,6,9-10H2,1-4H3. The first-order valence-electron chi connectivity index (χ1n) is 6.95. The molecule has 1 atom stereocenters. The van der Waals surface area contributed by atoms with E-state index < -0.39 is 5.54 Å². The zero-order valence-corrected chi connectivity index (χ0v) is 12.8. The third kappa shape index (κ3) is 5.50. The van der Waals surface area contributed by atoms with Crippen LogP contribution in [0.15, 0.2) is 24.3 Å². The van der Waals surface area contributed by atoms with Gasteiger partial charge in [-0.25, -0.2) is 0 Å². The van der Waals surface area contributed by atoms with Crippen molar-refractivity contribution in [1.29, 1.82) is 5.26 Å². The van der Waals surface area contributed by atoms with Crippen LogP contribution < -0.4 is 14.8 Å². The van der Waals surface area contributed by atoms with Crippen molar-refractivity contribution in [3.63, 3.8) is 0 Å². The first-order chi connectivity index (χ1) is 9.49. The fourth-order valence-corrected chi connectivity index (χ4v) is 2.10. The number of nitriles is 1. The molecule has 0 aliphatic carbocycles. The predicted molar refractivity (Wildman–Crippen MR) is 80.0 cm³/mol. The normalized spacial score (nSPS) is 13.6. The molecule has 1 aromatic carbocycles. The Morgan fingerprint density at radius 2 is 2.05 bits per heavy atom. The number of ether oxygens (including phenoxy) is 2. The minimum atomic E-state index is -0.494. The predicted octanol–water partition coefficient (Wildman–Crippen LogP) is 3.13. The van der Waals surface area contributed by atoms with Crippen molar-refractivity contribution in [1.82, 2.24) is 5.32 Å². The minimum Gasteiger partial charge on any atom is -0.497 e. The number of benzene rings is 1. The molecule has 0 bridgehead atoms. The highest BCUT2D eigenvalue weighted by atomic mass is 16.5. The van der Waals surface area contributed by atoms with Crippen molar-refractivity contribution in [2.45, 2.75) is 45.2 Å². The van der Waals surface area contributed by atoms with Gasteiger partial charge in [0.2, 0.25) is 0 Å². The molecule has 0 fully saturated rings.